The van der Waals surface area contributed by atoms with Crippen molar-refractivity contribution in [1.29, 1.82) is 0 Å². The summed E-state index contributed by atoms with van der Waals surface area (Å²) in [5.74, 6) is 0.846. The SMILES string of the molecule is CN(C)C(=O)CNC(=NCc1ccccc1)N1CC(C)(C)C1(C)C.I. The van der Waals surface area contributed by atoms with E-state index in [0.29, 0.717) is 6.54 Å². The van der Waals surface area contributed by atoms with E-state index >= 15 is 0 Å². The zero-order chi connectivity index (χ0) is 18.0. The van der Waals surface area contributed by atoms with Gasteiger partial charge >= 0.3 is 0 Å². The van der Waals surface area contributed by atoms with Crippen molar-refractivity contribution in [2.75, 3.05) is 27.2 Å². The van der Waals surface area contributed by atoms with Gasteiger partial charge in [0.25, 0.3) is 0 Å². The molecular weight excluding hydrogens is 427 g/mol. The van der Waals surface area contributed by atoms with E-state index in [-0.39, 0.29) is 47.4 Å². The monoisotopic (exact) mass is 458 g/mol. The summed E-state index contributed by atoms with van der Waals surface area (Å²) in [6, 6.07) is 10.2. The number of halogens is 1. The first kappa shape index (κ1) is 21.7. The summed E-state index contributed by atoms with van der Waals surface area (Å²) in [5, 5.41) is 3.25. The Morgan fingerprint density at radius 3 is 2.28 bits per heavy atom. The maximum atomic E-state index is 11.9. The van der Waals surface area contributed by atoms with Gasteiger partial charge in [-0.1, -0.05) is 44.2 Å². The normalized spacial score (nSPS) is 18.0. The fourth-order valence-corrected chi connectivity index (χ4v) is 2.70. The molecule has 25 heavy (non-hydrogen) atoms. The first-order valence-corrected chi connectivity index (χ1v) is 8.45. The molecule has 1 N–H and O–H groups in total. The van der Waals surface area contributed by atoms with Crippen LogP contribution in [0.5, 0.6) is 0 Å². The average molecular weight is 458 g/mol. The van der Waals surface area contributed by atoms with Gasteiger partial charge in [0.05, 0.1) is 13.1 Å². The number of carbonyl (C=O) groups excluding carboxylic acids is 1. The molecule has 0 unspecified atom stereocenters. The standard InChI is InChI=1S/C19H30N4O.HI/c1-18(2)14-23(19(18,3)4)17(21-13-16(24)22(5)6)20-12-15-10-8-7-9-11-15;/h7-11H,12-14H2,1-6H3,(H,20,21);1H. The Bertz CT molecular complexity index is 611. The van der Waals surface area contributed by atoms with Crippen LogP contribution in [0.25, 0.3) is 0 Å². The number of hydrogen-bond acceptors (Lipinski definition) is 2. The molecule has 0 saturated carbocycles. The minimum Gasteiger partial charge on any atom is -0.347 e. The summed E-state index contributed by atoms with van der Waals surface area (Å²) in [6.07, 6.45) is 0. The molecule has 1 aliphatic heterocycles. The first-order chi connectivity index (χ1) is 11.1. The van der Waals surface area contributed by atoms with E-state index in [9.17, 15) is 4.79 Å². The van der Waals surface area contributed by atoms with E-state index in [0.717, 1.165) is 18.1 Å². The molecule has 1 aromatic carbocycles. The number of hydrogen-bond donors (Lipinski definition) is 1. The number of carbonyl (C=O) groups is 1. The fraction of sp³-hybridized carbons (Fsp3) is 0.579. The highest BCUT2D eigenvalue weighted by molar-refractivity contribution is 14.0. The topological polar surface area (TPSA) is 47.9 Å². The third kappa shape index (κ3) is 4.86. The minimum absolute atomic E-state index is 0. The van der Waals surface area contributed by atoms with Crippen molar-refractivity contribution in [3.63, 3.8) is 0 Å². The highest BCUT2D eigenvalue weighted by Gasteiger charge is 2.53. The molecule has 2 rings (SSSR count). The van der Waals surface area contributed by atoms with Crippen molar-refractivity contribution in [3.05, 3.63) is 35.9 Å². The highest BCUT2D eigenvalue weighted by atomic mass is 127. The Morgan fingerprint density at radius 1 is 1.20 bits per heavy atom. The van der Waals surface area contributed by atoms with Crippen LogP contribution in [0, 0.1) is 5.41 Å². The van der Waals surface area contributed by atoms with Crippen LogP contribution in [-0.2, 0) is 11.3 Å². The predicted molar refractivity (Wildman–Crippen MR) is 114 cm³/mol. The molecule has 1 aromatic rings. The number of nitrogens with zero attached hydrogens (tertiary/aromatic N) is 3. The van der Waals surface area contributed by atoms with Crippen LogP contribution in [0.3, 0.4) is 0 Å². The number of likely N-dealkylation sites (N-methyl/N-ethyl adjacent to an activating group) is 1. The van der Waals surface area contributed by atoms with Gasteiger partial charge < -0.3 is 15.1 Å². The lowest BCUT2D eigenvalue weighted by Crippen LogP contribution is -2.72. The van der Waals surface area contributed by atoms with Gasteiger partial charge in [0.1, 0.15) is 0 Å². The lowest BCUT2D eigenvalue weighted by atomic mass is 9.65. The van der Waals surface area contributed by atoms with Crippen LogP contribution >= 0.6 is 24.0 Å². The van der Waals surface area contributed by atoms with Crippen molar-refractivity contribution in [1.82, 2.24) is 15.1 Å². The van der Waals surface area contributed by atoms with E-state index in [1.54, 1.807) is 19.0 Å². The summed E-state index contributed by atoms with van der Waals surface area (Å²) in [7, 11) is 3.53. The van der Waals surface area contributed by atoms with Gasteiger partial charge in [-0.25, -0.2) is 4.99 Å². The Hall–Kier alpha value is -1.31. The van der Waals surface area contributed by atoms with Crippen LogP contribution in [0.4, 0.5) is 0 Å². The molecule has 0 bridgehead atoms. The van der Waals surface area contributed by atoms with E-state index < -0.39 is 0 Å². The smallest absolute Gasteiger partial charge is 0.241 e. The number of likely N-dealkylation sites (tertiary alicyclic amines) is 1. The largest absolute Gasteiger partial charge is 0.347 e. The van der Waals surface area contributed by atoms with Gasteiger partial charge in [0.2, 0.25) is 5.91 Å². The minimum atomic E-state index is -0.00329. The Morgan fingerprint density at radius 2 is 1.80 bits per heavy atom. The quantitative estimate of drug-likeness (QED) is 0.429. The summed E-state index contributed by atoms with van der Waals surface area (Å²) in [6.45, 7) is 10.8. The number of benzene rings is 1. The van der Waals surface area contributed by atoms with E-state index in [1.807, 2.05) is 18.2 Å². The summed E-state index contributed by atoms with van der Waals surface area (Å²) >= 11 is 0. The predicted octanol–water partition coefficient (Wildman–Crippen LogP) is 2.96. The van der Waals surface area contributed by atoms with Gasteiger partial charge in [-0.15, -0.1) is 24.0 Å². The van der Waals surface area contributed by atoms with Gasteiger partial charge in [-0.3, -0.25) is 4.79 Å². The molecule has 6 heteroatoms. The van der Waals surface area contributed by atoms with E-state index in [1.165, 1.54) is 0 Å². The van der Waals surface area contributed by atoms with Gasteiger partial charge in [-0.05, 0) is 19.4 Å². The molecule has 0 aliphatic carbocycles. The van der Waals surface area contributed by atoms with Crippen LogP contribution in [-0.4, -0.2) is 54.4 Å². The second kappa shape index (κ2) is 8.38. The van der Waals surface area contributed by atoms with Crippen molar-refractivity contribution < 1.29 is 4.79 Å². The highest BCUT2D eigenvalue weighted by Crippen LogP contribution is 2.46. The van der Waals surface area contributed by atoms with Crippen molar-refractivity contribution in [3.8, 4) is 0 Å². The molecule has 0 atom stereocenters. The van der Waals surface area contributed by atoms with Crippen LogP contribution in [0.2, 0.25) is 0 Å². The molecule has 1 aliphatic rings. The van der Waals surface area contributed by atoms with Gasteiger partial charge in [0.15, 0.2) is 5.96 Å². The molecule has 0 aromatic heterocycles. The fourth-order valence-electron chi connectivity index (χ4n) is 2.70. The lowest BCUT2D eigenvalue weighted by molar-refractivity contribution is -0.127. The second-order valence-electron chi connectivity index (χ2n) is 7.80. The molecule has 1 fully saturated rings. The lowest BCUT2D eigenvalue weighted by Gasteiger charge is -2.62. The Balaban J connectivity index is 0.00000312. The van der Waals surface area contributed by atoms with E-state index in [2.05, 4.69) is 50.0 Å². The molecule has 5 nitrogen and oxygen atoms in total. The number of guanidine groups is 1. The van der Waals surface area contributed by atoms with Crippen LogP contribution < -0.4 is 5.32 Å². The zero-order valence-corrected chi connectivity index (χ0v) is 18.5. The molecule has 0 radical (unpaired) electrons. The molecule has 1 heterocycles. The Kier molecular flexibility index (Phi) is 7.28. The van der Waals surface area contributed by atoms with Crippen LogP contribution in [0.15, 0.2) is 35.3 Å². The van der Waals surface area contributed by atoms with Crippen molar-refractivity contribution >= 4 is 35.8 Å². The number of amides is 1. The van der Waals surface area contributed by atoms with Gasteiger partial charge in [0, 0.05) is 31.6 Å². The third-order valence-corrected chi connectivity index (χ3v) is 5.29. The third-order valence-electron chi connectivity index (χ3n) is 5.29. The molecule has 140 valence electrons. The average Bonchev–Trinajstić information content (AvgIpc) is 2.53. The molecule has 1 saturated heterocycles. The first-order valence-electron chi connectivity index (χ1n) is 8.45. The van der Waals surface area contributed by atoms with Crippen molar-refractivity contribution in [2.45, 2.75) is 39.8 Å². The summed E-state index contributed by atoms with van der Waals surface area (Å²) < 4.78 is 0. The second-order valence-corrected chi connectivity index (χ2v) is 7.80. The number of rotatable bonds is 4. The number of nitrogens with one attached hydrogen (secondary N) is 1. The van der Waals surface area contributed by atoms with Crippen molar-refractivity contribution in [2.24, 2.45) is 10.4 Å². The van der Waals surface area contributed by atoms with E-state index in [4.69, 9.17) is 4.99 Å². The zero-order valence-electron chi connectivity index (χ0n) is 16.2. The summed E-state index contributed by atoms with van der Waals surface area (Å²) in [4.78, 5) is 20.6. The number of aliphatic imine (C=N–C) groups is 1. The van der Waals surface area contributed by atoms with Crippen LogP contribution in [0.1, 0.15) is 33.3 Å². The molecular formula is C19H31IN4O. The maximum absolute atomic E-state index is 11.9. The molecule has 1 amide bonds. The summed E-state index contributed by atoms with van der Waals surface area (Å²) in [5.41, 5.74) is 1.37. The Labute approximate surface area is 168 Å². The molecule has 0 spiro atoms. The van der Waals surface area contributed by atoms with Gasteiger partial charge in [-0.2, -0.15) is 0 Å². The maximum Gasteiger partial charge on any atom is 0.241 e.